The molecule has 0 fully saturated rings. The standard InChI is InChI=1S/C13H21NO4/c1-10(9-15)4-3-7-14-8-11-5-6-12(18-11)13(16)17-2/h5-6,10,14-15H,3-4,7-9H2,1-2H3. The maximum Gasteiger partial charge on any atom is 0.373 e. The maximum absolute atomic E-state index is 11.2. The van der Waals surface area contributed by atoms with Gasteiger partial charge in [0.15, 0.2) is 0 Å². The summed E-state index contributed by atoms with van der Waals surface area (Å²) in [5.74, 6) is 0.827. The number of methoxy groups -OCH3 is 1. The molecule has 0 aromatic carbocycles. The van der Waals surface area contributed by atoms with Crippen molar-refractivity contribution in [2.24, 2.45) is 5.92 Å². The van der Waals surface area contributed by atoms with Gasteiger partial charge in [-0.15, -0.1) is 0 Å². The monoisotopic (exact) mass is 255 g/mol. The molecule has 0 spiro atoms. The molecule has 1 aromatic rings. The van der Waals surface area contributed by atoms with Gasteiger partial charge in [0.2, 0.25) is 5.76 Å². The Morgan fingerprint density at radius 2 is 2.33 bits per heavy atom. The van der Waals surface area contributed by atoms with Gasteiger partial charge in [-0.1, -0.05) is 6.92 Å². The van der Waals surface area contributed by atoms with Gasteiger partial charge >= 0.3 is 5.97 Å². The Labute approximate surface area is 107 Å². The van der Waals surface area contributed by atoms with E-state index in [1.807, 2.05) is 6.92 Å². The summed E-state index contributed by atoms with van der Waals surface area (Å²) in [6, 6.07) is 3.37. The van der Waals surface area contributed by atoms with Crippen molar-refractivity contribution in [3.8, 4) is 0 Å². The zero-order valence-electron chi connectivity index (χ0n) is 10.9. The smallest absolute Gasteiger partial charge is 0.373 e. The van der Waals surface area contributed by atoms with Crippen LogP contribution >= 0.6 is 0 Å². The number of hydrogen-bond acceptors (Lipinski definition) is 5. The average molecular weight is 255 g/mol. The highest BCUT2D eigenvalue weighted by atomic mass is 16.5. The van der Waals surface area contributed by atoms with Crippen molar-refractivity contribution < 1.29 is 19.1 Å². The molecule has 18 heavy (non-hydrogen) atoms. The van der Waals surface area contributed by atoms with E-state index in [1.165, 1.54) is 7.11 Å². The molecule has 1 unspecified atom stereocenters. The number of furan rings is 1. The highest BCUT2D eigenvalue weighted by Gasteiger charge is 2.10. The largest absolute Gasteiger partial charge is 0.463 e. The summed E-state index contributed by atoms with van der Waals surface area (Å²) >= 11 is 0. The summed E-state index contributed by atoms with van der Waals surface area (Å²) in [7, 11) is 1.32. The summed E-state index contributed by atoms with van der Waals surface area (Å²) in [5.41, 5.74) is 0. The minimum absolute atomic E-state index is 0.225. The first-order chi connectivity index (χ1) is 8.67. The number of carbonyl (C=O) groups is 1. The lowest BCUT2D eigenvalue weighted by molar-refractivity contribution is 0.0563. The molecule has 0 aliphatic rings. The topological polar surface area (TPSA) is 71.7 Å². The van der Waals surface area contributed by atoms with Crippen molar-refractivity contribution >= 4 is 5.97 Å². The van der Waals surface area contributed by atoms with Gasteiger partial charge in [-0.05, 0) is 37.4 Å². The molecule has 102 valence electrons. The molecule has 1 aromatic heterocycles. The lowest BCUT2D eigenvalue weighted by atomic mass is 10.1. The second-order valence-electron chi connectivity index (χ2n) is 4.36. The van der Waals surface area contributed by atoms with E-state index in [0.29, 0.717) is 18.2 Å². The van der Waals surface area contributed by atoms with Gasteiger partial charge in [-0.2, -0.15) is 0 Å². The third-order valence-corrected chi connectivity index (χ3v) is 2.71. The Bertz CT molecular complexity index is 362. The molecule has 1 atom stereocenters. The van der Waals surface area contributed by atoms with Gasteiger partial charge in [0.25, 0.3) is 0 Å². The van der Waals surface area contributed by atoms with Crippen molar-refractivity contribution in [1.29, 1.82) is 0 Å². The number of aliphatic hydroxyl groups is 1. The Kier molecular flexibility index (Phi) is 6.46. The molecule has 0 aliphatic carbocycles. The molecule has 5 nitrogen and oxygen atoms in total. The molecule has 5 heteroatoms. The first-order valence-corrected chi connectivity index (χ1v) is 6.16. The van der Waals surface area contributed by atoms with E-state index >= 15 is 0 Å². The fourth-order valence-electron chi connectivity index (χ4n) is 1.56. The number of hydrogen-bond donors (Lipinski definition) is 2. The van der Waals surface area contributed by atoms with Gasteiger partial charge in [0.1, 0.15) is 5.76 Å². The average Bonchev–Trinajstić information content (AvgIpc) is 2.85. The van der Waals surface area contributed by atoms with Crippen LogP contribution in [0.5, 0.6) is 0 Å². The zero-order valence-corrected chi connectivity index (χ0v) is 10.9. The highest BCUT2D eigenvalue weighted by Crippen LogP contribution is 2.09. The Hall–Kier alpha value is -1.33. The molecule has 0 bridgehead atoms. The summed E-state index contributed by atoms with van der Waals surface area (Å²) in [6.45, 7) is 3.71. The second kappa shape index (κ2) is 7.89. The number of aliphatic hydroxyl groups excluding tert-OH is 1. The molecule has 1 rings (SSSR count). The summed E-state index contributed by atoms with van der Waals surface area (Å²) in [6.07, 6.45) is 2.00. The fraction of sp³-hybridized carbons (Fsp3) is 0.615. The van der Waals surface area contributed by atoms with Crippen LogP contribution < -0.4 is 5.32 Å². The SMILES string of the molecule is COC(=O)c1ccc(CNCCCC(C)CO)o1. The molecular formula is C13H21NO4. The fourth-order valence-corrected chi connectivity index (χ4v) is 1.56. The van der Waals surface area contributed by atoms with Crippen LogP contribution in [0.15, 0.2) is 16.5 Å². The summed E-state index contributed by atoms with van der Waals surface area (Å²) in [4.78, 5) is 11.2. The molecule has 0 saturated heterocycles. The van der Waals surface area contributed by atoms with Gasteiger partial charge in [-0.25, -0.2) is 4.79 Å². The van der Waals surface area contributed by atoms with Crippen molar-refractivity contribution in [2.75, 3.05) is 20.3 Å². The van der Waals surface area contributed by atoms with Gasteiger partial charge < -0.3 is 19.6 Å². The van der Waals surface area contributed by atoms with E-state index < -0.39 is 5.97 Å². The van der Waals surface area contributed by atoms with E-state index in [2.05, 4.69) is 10.1 Å². The Balaban J connectivity index is 2.19. The highest BCUT2D eigenvalue weighted by molar-refractivity contribution is 5.86. The first-order valence-electron chi connectivity index (χ1n) is 6.16. The zero-order chi connectivity index (χ0) is 13.4. The quantitative estimate of drug-likeness (QED) is 0.545. The van der Waals surface area contributed by atoms with Gasteiger partial charge in [0, 0.05) is 6.61 Å². The van der Waals surface area contributed by atoms with Crippen molar-refractivity contribution in [2.45, 2.75) is 26.3 Å². The number of esters is 1. The summed E-state index contributed by atoms with van der Waals surface area (Å²) in [5, 5.41) is 12.1. The normalized spacial score (nSPS) is 12.4. The number of nitrogens with one attached hydrogen (secondary N) is 1. The first kappa shape index (κ1) is 14.7. The van der Waals surface area contributed by atoms with E-state index in [9.17, 15) is 4.79 Å². The predicted octanol–water partition coefficient (Wildman–Crippen LogP) is 1.56. The Morgan fingerprint density at radius 3 is 3.00 bits per heavy atom. The molecule has 0 saturated carbocycles. The predicted molar refractivity (Wildman–Crippen MR) is 67.2 cm³/mol. The third-order valence-electron chi connectivity index (χ3n) is 2.71. The van der Waals surface area contributed by atoms with Gasteiger partial charge in [0.05, 0.1) is 13.7 Å². The second-order valence-corrected chi connectivity index (χ2v) is 4.36. The molecule has 0 aliphatic heterocycles. The van der Waals surface area contributed by atoms with E-state index in [0.717, 1.165) is 19.4 Å². The van der Waals surface area contributed by atoms with Crippen LogP contribution in [0.4, 0.5) is 0 Å². The number of ether oxygens (including phenoxy) is 1. The van der Waals surface area contributed by atoms with Crippen molar-refractivity contribution in [3.63, 3.8) is 0 Å². The molecular weight excluding hydrogens is 234 g/mol. The van der Waals surface area contributed by atoms with Crippen LogP contribution in [0.25, 0.3) is 0 Å². The molecule has 1 heterocycles. The van der Waals surface area contributed by atoms with Crippen molar-refractivity contribution in [1.82, 2.24) is 5.32 Å². The minimum Gasteiger partial charge on any atom is -0.463 e. The van der Waals surface area contributed by atoms with Crippen LogP contribution in [0, 0.1) is 5.92 Å². The summed E-state index contributed by atoms with van der Waals surface area (Å²) < 4.78 is 9.86. The van der Waals surface area contributed by atoms with Crippen LogP contribution in [0.3, 0.4) is 0 Å². The lowest BCUT2D eigenvalue weighted by Gasteiger charge is -2.07. The van der Waals surface area contributed by atoms with E-state index in [-0.39, 0.29) is 12.4 Å². The van der Waals surface area contributed by atoms with Crippen molar-refractivity contribution in [3.05, 3.63) is 23.7 Å². The van der Waals surface area contributed by atoms with Gasteiger partial charge in [-0.3, -0.25) is 0 Å². The number of carbonyl (C=O) groups excluding carboxylic acids is 1. The van der Waals surface area contributed by atoms with Crippen LogP contribution in [0.1, 0.15) is 36.1 Å². The molecule has 0 radical (unpaired) electrons. The van der Waals surface area contributed by atoms with Crippen LogP contribution in [-0.2, 0) is 11.3 Å². The van der Waals surface area contributed by atoms with Crippen LogP contribution in [0.2, 0.25) is 0 Å². The van der Waals surface area contributed by atoms with E-state index in [4.69, 9.17) is 9.52 Å². The molecule has 0 amide bonds. The Morgan fingerprint density at radius 1 is 1.56 bits per heavy atom. The minimum atomic E-state index is -0.460. The third kappa shape index (κ3) is 4.89. The maximum atomic E-state index is 11.2. The van der Waals surface area contributed by atoms with E-state index in [1.54, 1.807) is 12.1 Å². The lowest BCUT2D eigenvalue weighted by Crippen LogP contribution is -2.15. The molecule has 2 N–H and O–H groups in total. The number of rotatable bonds is 8. The van der Waals surface area contributed by atoms with Crippen LogP contribution in [-0.4, -0.2) is 31.3 Å².